The number of hydrogen-bond donors (Lipinski definition) is 2. The second-order valence-corrected chi connectivity index (χ2v) is 5.79. The van der Waals surface area contributed by atoms with Gasteiger partial charge in [0.15, 0.2) is 0 Å². The lowest BCUT2D eigenvalue weighted by Crippen LogP contribution is -2.13. The van der Waals surface area contributed by atoms with E-state index in [1.807, 2.05) is 0 Å². The molecule has 2 aromatic rings. The highest BCUT2D eigenvalue weighted by atomic mass is 79.9. The number of nitrogens with one attached hydrogen (secondary N) is 1. The molecule has 4 nitrogen and oxygen atoms in total. The van der Waals surface area contributed by atoms with Gasteiger partial charge in [-0.2, -0.15) is 0 Å². The highest BCUT2D eigenvalue weighted by Crippen LogP contribution is 2.23. The Hall–Kier alpha value is -1.73. The van der Waals surface area contributed by atoms with Gasteiger partial charge in [-0.25, -0.2) is 9.18 Å². The molecule has 0 aliphatic rings. The van der Waals surface area contributed by atoms with E-state index < -0.39 is 17.7 Å². The summed E-state index contributed by atoms with van der Waals surface area (Å²) in [5, 5.41) is 11.6. The van der Waals surface area contributed by atoms with Crippen LogP contribution in [0.15, 0.2) is 45.3 Å². The number of benzene rings is 2. The van der Waals surface area contributed by atoms with Crippen molar-refractivity contribution in [3.63, 3.8) is 0 Å². The van der Waals surface area contributed by atoms with Gasteiger partial charge >= 0.3 is 5.97 Å². The van der Waals surface area contributed by atoms with E-state index in [2.05, 4.69) is 37.2 Å². The fraction of sp³-hybridized carbons (Fsp3) is 0. The number of carboxylic acid groups (broad SMARTS) is 1. The van der Waals surface area contributed by atoms with Gasteiger partial charge in [0.1, 0.15) is 5.82 Å². The average molecular weight is 417 g/mol. The van der Waals surface area contributed by atoms with Crippen LogP contribution < -0.4 is 5.32 Å². The molecular weight excluding hydrogens is 409 g/mol. The number of anilines is 1. The van der Waals surface area contributed by atoms with Crippen LogP contribution in [0.25, 0.3) is 0 Å². The third kappa shape index (κ3) is 3.68. The molecule has 7 heteroatoms. The van der Waals surface area contributed by atoms with Crippen molar-refractivity contribution in [2.24, 2.45) is 0 Å². The van der Waals surface area contributed by atoms with Crippen LogP contribution in [0.3, 0.4) is 0 Å². The van der Waals surface area contributed by atoms with E-state index in [0.29, 0.717) is 14.6 Å². The molecule has 0 heterocycles. The van der Waals surface area contributed by atoms with Gasteiger partial charge < -0.3 is 10.4 Å². The Kier molecular flexibility index (Phi) is 4.74. The SMILES string of the molecule is O=C(O)c1cc(NC(=O)c2ccc(F)cc2Br)ccc1Br. The van der Waals surface area contributed by atoms with Crippen molar-refractivity contribution < 1.29 is 19.1 Å². The van der Waals surface area contributed by atoms with Crippen molar-refractivity contribution in [1.29, 1.82) is 0 Å². The third-order valence-corrected chi connectivity index (χ3v) is 3.98. The molecule has 2 rings (SSSR count). The minimum absolute atomic E-state index is 0.0333. The quantitative estimate of drug-likeness (QED) is 0.783. The predicted octanol–water partition coefficient (Wildman–Crippen LogP) is 4.30. The maximum Gasteiger partial charge on any atom is 0.336 e. The Morgan fingerprint density at radius 2 is 1.71 bits per heavy atom. The topological polar surface area (TPSA) is 66.4 Å². The number of carbonyl (C=O) groups excluding carboxylic acids is 1. The monoisotopic (exact) mass is 415 g/mol. The van der Waals surface area contributed by atoms with E-state index in [1.54, 1.807) is 6.07 Å². The Morgan fingerprint density at radius 1 is 1.00 bits per heavy atom. The number of carbonyl (C=O) groups is 2. The van der Waals surface area contributed by atoms with E-state index >= 15 is 0 Å². The van der Waals surface area contributed by atoms with Gasteiger partial charge in [0, 0.05) is 14.6 Å². The third-order valence-electron chi connectivity index (χ3n) is 2.63. The second-order valence-electron chi connectivity index (χ2n) is 4.08. The summed E-state index contributed by atoms with van der Waals surface area (Å²) in [5.74, 6) is -2.04. The van der Waals surface area contributed by atoms with E-state index in [9.17, 15) is 14.0 Å². The summed E-state index contributed by atoms with van der Waals surface area (Å²) >= 11 is 6.23. The zero-order valence-corrected chi connectivity index (χ0v) is 13.5. The number of hydrogen-bond acceptors (Lipinski definition) is 2. The minimum Gasteiger partial charge on any atom is -0.478 e. The number of rotatable bonds is 3. The zero-order valence-electron chi connectivity index (χ0n) is 10.4. The van der Waals surface area contributed by atoms with Crippen molar-refractivity contribution in [2.75, 3.05) is 5.32 Å². The molecule has 0 aliphatic carbocycles. The zero-order chi connectivity index (χ0) is 15.6. The van der Waals surface area contributed by atoms with Crippen LogP contribution >= 0.6 is 31.9 Å². The summed E-state index contributed by atoms with van der Waals surface area (Å²) in [5.41, 5.74) is 0.610. The molecule has 108 valence electrons. The predicted molar refractivity (Wildman–Crippen MR) is 83.2 cm³/mol. The summed E-state index contributed by atoms with van der Waals surface area (Å²) in [6.45, 7) is 0. The van der Waals surface area contributed by atoms with E-state index in [1.165, 1.54) is 30.3 Å². The molecular formula is C14H8Br2FNO3. The molecule has 0 bridgehead atoms. The Labute approximate surface area is 136 Å². The highest BCUT2D eigenvalue weighted by molar-refractivity contribution is 9.10. The smallest absolute Gasteiger partial charge is 0.336 e. The van der Waals surface area contributed by atoms with Crippen molar-refractivity contribution in [3.05, 3.63) is 62.3 Å². The van der Waals surface area contributed by atoms with Gasteiger partial charge in [-0.15, -0.1) is 0 Å². The molecule has 0 radical (unpaired) electrons. The maximum absolute atomic E-state index is 13.0. The molecule has 2 N–H and O–H groups in total. The molecule has 0 saturated heterocycles. The van der Waals surface area contributed by atoms with Crippen molar-refractivity contribution in [1.82, 2.24) is 0 Å². The first-order valence-electron chi connectivity index (χ1n) is 5.67. The minimum atomic E-state index is -1.11. The molecule has 0 saturated carbocycles. The molecule has 0 atom stereocenters. The standard InChI is InChI=1S/C14H8Br2FNO3/c15-11-4-2-8(6-10(11)14(20)21)18-13(19)9-3-1-7(17)5-12(9)16/h1-6H,(H,18,19)(H,20,21). The van der Waals surface area contributed by atoms with Crippen molar-refractivity contribution in [2.45, 2.75) is 0 Å². The van der Waals surface area contributed by atoms with Gasteiger partial charge in [-0.1, -0.05) is 0 Å². The molecule has 0 fully saturated rings. The fourth-order valence-corrected chi connectivity index (χ4v) is 2.59. The lowest BCUT2D eigenvalue weighted by molar-refractivity contribution is 0.0695. The lowest BCUT2D eigenvalue weighted by Gasteiger charge is -2.08. The first kappa shape index (κ1) is 15.7. The van der Waals surface area contributed by atoms with E-state index in [0.717, 1.165) is 0 Å². The number of halogens is 3. The summed E-state index contributed by atoms with van der Waals surface area (Å²) in [7, 11) is 0. The van der Waals surface area contributed by atoms with Crippen LogP contribution in [-0.2, 0) is 0 Å². The fourth-order valence-electron chi connectivity index (χ4n) is 1.64. The van der Waals surface area contributed by atoms with Gasteiger partial charge in [0.05, 0.1) is 11.1 Å². The van der Waals surface area contributed by atoms with Crippen molar-refractivity contribution in [3.8, 4) is 0 Å². The van der Waals surface area contributed by atoms with Crippen LogP contribution in [-0.4, -0.2) is 17.0 Å². The van der Waals surface area contributed by atoms with Crippen LogP contribution in [0.5, 0.6) is 0 Å². The van der Waals surface area contributed by atoms with E-state index in [-0.39, 0.29) is 11.1 Å². The lowest BCUT2D eigenvalue weighted by atomic mass is 10.1. The van der Waals surface area contributed by atoms with Gasteiger partial charge in [-0.05, 0) is 68.3 Å². The Balaban J connectivity index is 2.27. The Bertz CT molecular complexity index is 734. The second kappa shape index (κ2) is 6.36. The van der Waals surface area contributed by atoms with Crippen LogP contribution in [0.4, 0.5) is 10.1 Å². The molecule has 0 unspecified atom stereocenters. The number of amides is 1. The van der Waals surface area contributed by atoms with Crippen LogP contribution in [0.1, 0.15) is 20.7 Å². The summed E-state index contributed by atoms with van der Waals surface area (Å²) in [6, 6.07) is 8.11. The Morgan fingerprint density at radius 3 is 2.33 bits per heavy atom. The van der Waals surface area contributed by atoms with Gasteiger partial charge in [0.2, 0.25) is 0 Å². The van der Waals surface area contributed by atoms with E-state index in [4.69, 9.17) is 5.11 Å². The molecule has 0 aromatic heterocycles. The molecule has 1 amide bonds. The molecule has 0 spiro atoms. The molecule has 0 aliphatic heterocycles. The summed E-state index contributed by atoms with van der Waals surface area (Å²) in [4.78, 5) is 23.1. The van der Waals surface area contributed by atoms with Crippen LogP contribution in [0.2, 0.25) is 0 Å². The number of carboxylic acids is 1. The average Bonchev–Trinajstić information content (AvgIpc) is 2.40. The maximum atomic E-state index is 13.0. The first-order valence-corrected chi connectivity index (χ1v) is 7.26. The summed E-state index contributed by atoms with van der Waals surface area (Å²) < 4.78 is 13.7. The summed E-state index contributed by atoms with van der Waals surface area (Å²) in [6.07, 6.45) is 0. The van der Waals surface area contributed by atoms with Gasteiger partial charge in [-0.3, -0.25) is 4.79 Å². The normalized spacial score (nSPS) is 10.2. The first-order chi connectivity index (χ1) is 9.88. The van der Waals surface area contributed by atoms with Gasteiger partial charge in [0.25, 0.3) is 5.91 Å². The molecule has 21 heavy (non-hydrogen) atoms. The molecule has 2 aromatic carbocycles. The van der Waals surface area contributed by atoms with Crippen molar-refractivity contribution >= 4 is 49.4 Å². The largest absolute Gasteiger partial charge is 0.478 e. The highest BCUT2D eigenvalue weighted by Gasteiger charge is 2.13. The number of aromatic carboxylic acids is 1. The van der Waals surface area contributed by atoms with Crippen LogP contribution in [0, 0.1) is 5.82 Å².